The number of aromatic nitrogens is 6. The van der Waals surface area contributed by atoms with E-state index in [1.165, 1.54) is 58.4 Å². The van der Waals surface area contributed by atoms with Gasteiger partial charge in [0.05, 0.1) is 81.5 Å². The van der Waals surface area contributed by atoms with E-state index in [1.807, 2.05) is 0 Å². The molecule has 0 aliphatic rings. The number of anilines is 10. The molecule has 2 aromatic heterocycles. The van der Waals surface area contributed by atoms with Crippen molar-refractivity contribution >= 4 is 136 Å². The molecule has 0 saturated heterocycles. The van der Waals surface area contributed by atoms with E-state index < -0.39 is 82.1 Å². The topological polar surface area (TPSA) is 519 Å². The second-order valence-electron chi connectivity index (χ2n) is 14.9. The third kappa shape index (κ3) is 28.9. The molecule has 6 rings (SSSR count). The molecule has 0 spiro atoms. The van der Waals surface area contributed by atoms with Crippen molar-refractivity contribution in [1.82, 2.24) is 29.9 Å². The molecule has 0 bridgehead atoms. The van der Waals surface area contributed by atoms with E-state index in [2.05, 4.69) is 76.0 Å². The summed E-state index contributed by atoms with van der Waals surface area (Å²) in [5.41, 5.74) is 0.00534. The quantitative estimate of drug-likeness (QED) is 0.00411. The minimum Gasteiger partial charge on any atom is -0.744 e. The summed E-state index contributed by atoms with van der Waals surface area (Å²) in [7, 11) is -18.4. The van der Waals surface area contributed by atoms with Crippen molar-refractivity contribution in [2.45, 2.75) is 24.5 Å². The minimum absolute atomic E-state index is 0. The Hall–Kier alpha value is -0.910. The molecule has 0 aliphatic carbocycles. The van der Waals surface area contributed by atoms with Gasteiger partial charge in [-0.05, 0) is 59.8 Å². The fourth-order valence-electron chi connectivity index (χ4n) is 6.42. The predicted octanol–water partition coefficient (Wildman–Crippen LogP) is -19.2. The van der Waals surface area contributed by atoms with Gasteiger partial charge in [0.25, 0.3) is 0 Å². The van der Waals surface area contributed by atoms with Crippen LogP contribution in [0.5, 0.6) is 0 Å². The molecule has 0 atom stereocenters. The third-order valence-corrected chi connectivity index (χ3v) is 13.5. The summed E-state index contributed by atoms with van der Waals surface area (Å²) in [4.78, 5) is 26.4. The largest absolute Gasteiger partial charge is 1.00 e. The third-order valence-electron chi connectivity index (χ3n) is 9.63. The van der Waals surface area contributed by atoms with Crippen LogP contribution in [-0.2, 0) is 59.7 Å². The molecule has 4 aromatic carbocycles. The van der Waals surface area contributed by atoms with Crippen molar-refractivity contribution < 1.29 is 279 Å². The number of aliphatic hydroxyl groups excluding tert-OH is 4. The van der Waals surface area contributed by atoms with Crippen LogP contribution in [0.3, 0.4) is 0 Å². The van der Waals surface area contributed by atoms with Crippen LogP contribution < -0.4 is 219 Å². The van der Waals surface area contributed by atoms with Crippen LogP contribution in [-0.4, -0.2) is 154 Å². The number of hydrogen-bond acceptors (Lipinski definition) is 36. The summed E-state index contributed by atoms with van der Waals surface area (Å²) < 4.78 is 144. The van der Waals surface area contributed by atoms with Crippen molar-refractivity contribution in [3.63, 3.8) is 0 Å². The van der Waals surface area contributed by atoms with Gasteiger partial charge in [0.1, 0.15) is 30.4 Å². The maximum atomic E-state index is 12.7. The van der Waals surface area contributed by atoms with Gasteiger partial charge in [-0.3, -0.25) is 10.1 Å². The molecule has 8 N–H and O–H groups in total. The zero-order chi connectivity index (χ0) is 58.6. The van der Waals surface area contributed by atoms with Gasteiger partial charge in [-0.1, -0.05) is 12.1 Å². The first-order valence-electron chi connectivity index (χ1n) is 21.5. The Labute approximate surface area is 633 Å². The monoisotopic (exact) mass is 1370 g/mol. The number of hydrogen-bond donors (Lipinski definition) is 8. The zero-order valence-electron chi connectivity index (χ0n) is 45.9. The van der Waals surface area contributed by atoms with Gasteiger partial charge in [0.2, 0.25) is 35.7 Å². The van der Waals surface area contributed by atoms with Gasteiger partial charge in [-0.2, -0.15) is 44.1 Å². The van der Waals surface area contributed by atoms with Gasteiger partial charge >= 0.3 is 188 Å². The first-order valence-corrected chi connectivity index (χ1v) is 28.3. The van der Waals surface area contributed by atoms with Gasteiger partial charge in [0, 0.05) is 36.8 Å². The van der Waals surface area contributed by atoms with Gasteiger partial charge in [-0.25, -0.2) is 25.3 Å². The summed E-state index contributed by atoms with van der Waals surface area (Å²) in [6.07, 6.45) is 2.73. The number of aliphatic hydroxyl groups is 4. The number of rotatable bonds is 29. The Morgan fingerprint density at radius 3 is 1.45 bits per heavy atom. The fourth-order valence-corrected chi connectivity index (χ4v) is 9.05. The van der Waals surface area contributed by atoms with Crippen LogP contribution in [0.25, 0.3) is 12.2 Å². The van der Waals surface area contributed by atoms with Crippen LogP contribution in [0.2, 0.25) is 0 Å². The van der Waals surface area contributed by atoms with Gasteiger partial charge in [0.15, 0.2) is 0 Å². The molecular formula is C40H38N12Na6O22S6. The molecule has 34 nitrogen and oxygen atoms in total. The maximum absolute atomic E-state index is 12.7. The predicted molar refractivity (Wildman–Crippen MR) is 269 cm³/mol. The van der Waals surface area contributed by atoms with E-state index in [1.54, 1.807) is 0 Å². The Bertz CT molecular complexity index is 3600. The van der Waals surface area contributed by atoms with Crippen LogP contribution in [0.4, 0.5) is 58.4 Å². The molecule has 2 heterocycles. The van der Waals surface area contributed by atoms with Crippen molar-refractivity contribution in [2.75, 3.05) is 83.7 Å². The standard InChI is InChI=1S/C40H43N12O19S5.6Na.O3S/c53-17-13-51(14-18-54)39-47-35(45-38(50-39)44-31-22-28(72-70-68-57)9-12-33(31)75(62,63)64)41-26-6-2-24(3-7-26)1-4-25-5-8-27(21-34(25)76(65,66)67)42-36-46-37(49-40(48-36)52(15-19-55)16-20-56)43-30-23-29(74(59,60)61)10-11-32(30)73-71-69-58;;;;;;;1-4(2)3/h1-2,4-12,21-23,53-58H,13-20H2,(H,59,60,61)(H,62,63,64)(H,65,66,67)(H2,41,44,45,47,50)(H2,42,43,46,48,49);;;;;;;/q-1;6*+1;/p-5/b4-1+;;;;;;;. The summed E-state index contributed by atoms with van der Waals surface area (Å²) in [5.74, 6) is -1.48. The van der Waals surface area contributed by atoms with E-state index in [-0.39, 0.29) is 272 Å². The average Bonchev–Trinajstić information content (AvgIpc) is 3.60. The van der Waals surface area contributed by atoms with E-state index in [0.717, 1.165) is 36.4 Å². The average molecular weight is 1370 g/mol. The second-order valence-corrected chi connectivity index (χ2v) is 20.9. The van der Waals surface area contributed by atoms with E-state index in [4.69, 9.17) is 12.6 Å². The molecule has 432 valence electrons. The Kier molecular flexibility index (Phi) is 43.7. The summed E-state index contributed by atoms with van der Waals surface area (Å²) >= 11 is 0.728. The maximum Gasteiger partial charge on any atom is 1.00 e. The van der Waals surface area contributed by atoms with Gasteiger partial charge < -0.3 is 75.7 Å². The zero-order valence-corrected chi connectivity index (χ0v) is 62.8. The van der Waals surface area contributed by atoms with Gasteiger partial charge in [-0.15, -0.1) is 43.0 Å². The molecule has 6 aromatic rings. The van der Waals surface area contributed by atoms with Crippen molar-refractivity contribution in [2.24, 2.45) is 0 Å². The van der Waals surface area contributed by atoms with Crippen LogP contribution in [0.15, 0.2) is 97.3 Å². The van der Waals surface area contributed by atoms with Crippen molar-refractivity contribution in [3.8, 4) is 0 Å². The molecule has 86 heavy (non-hydrogen) atoms. The number of nitrogens with one attached hydrogen (secondary N) is 4. The number of nitrogens with zero attached hydrogens (tertiary/aromatic N) is 8. The Morgan fingerprint density at radius 1 is 0.535 bits per heavy atom. The minimum atomic E-state index is -5.20. The SMILES string of the molecule is O=S(=O)([O-])c1ccc(SOO[O-])c(Nc2nc(Nc3ccc(/C=C/c4[c-]cc(Nc5nc(Nc6cc(SOO[O-])ccc6S(=O)(=O)[O-])nc(N(CCO)CCO)n5)cc4)c(S(=O)(=O)[O-])c3)nc(N(CCO)CCO)n2)c1.O=S(=O)=O.[Na+].[Na+].[Na+].[Na+].[Na+].[Na+]. The molecular weight excluding hydrogens is 1330 g/mol. The van der Waals surface area contributed by atoms with E-state index >= 15 is 0 Å². The van der Waals surface area contributed by atoms with Crippen molar-refractivity contribution in [3.05, 3.63) is 90.0 Å². The normalized spacial score (nSPS) is 10.8. The second kappa shape index (κ2) is 43.1. The summed E-state index contributed by atoms with van der Waals surface area (Å²) in [6.45, 7) is -2.04. The molecule has 0 saturated carbocycles. The molecule has 0 unspecified atom stereocenters. The number of benzene rings is 4. The summed E-state index contributed by atoms with van der Waals surface area (Å²) in [5, 5.41) is 77.4. The van der Waals surface area contributed by atoms with Crippen LogP contribution >= 0.6 is 24.1 Å². The summed E-state index contributed by atoms with van der Waals surface area (Å²) in [6, 6.07) is 17.2. The Balaban J connectivity index is 0. The Morgan fingerprint density at radius 2 is 1.00 bits per heavy atom. The fraction of sp³-hybridized carbons (Fsp3) is 0.200. The van der Waals surface area contributed by atoms with E-state index in [0.29, 0.717) is 35.3 Å². The van der Waals surface area contributed by atoms with Crippen LogP contribution in [0.1, 0.15) is 11.1 Å². The smallest absolute Gasteiger partial charge is 0.744 e. The van der Waals surface area contributed by atoms with E-state index in [9.17, 15) is 69.9 Å². The molecule has 0 amide bonds. The molecule has 0 fully saturated rings. The van der Waals surface area contributed by atoms with Crippen molar-refractivity contribution in [1.29, 1.82) is 0 Å². The molecule has 0 radical (unpaired) electrons. The van der Waals surface area contributed by atoms with Crippen LogP contribution in [0, 0.1) is 6.07 Å². The first kappa shape index (κ1) is 87.2. The molecule has 0 aliphatic heterocycles. The first-order chi connectivity index (χ1) is 38.0. The molecule has 46 heteroatoms.